The summed E-state index contributed by atoms with van der Waals surface area (Å²) in [6.45, 7) is 5.57. The van der Waals surface area contributed by atoms with Crippen molar-refractivity contribution < 1.29 is 9.53 Å². The van der Waals surface area contributed by atoms with Gasteiger partial charge in [-0.05, 0) is 25.0 Å². The van der Waals surface area contributed by atoms with Gasteiger partial charge in [0.1, 0.15) is 0 Å². The second-order valence-electron chi connectivity index (χ2n) is 6.89. The molecule has 0 radical (unpaired) electrons. The van der Waals surface area contributed by atoms with E-state index in [0.717, 1.165) is 52.2 Å². The smallest absolute Gasteiger partial charge is 0.225 e. The maximum atomic E-state index is 12.6. The van der Waals surface area contributed by atoms with Crippen molar-refractivity contribution in [1.82, 2.24) is 4.90 Å². The Morgan fingerprint density at radius 3 is 2.23 bits per heavy atom. The number of carbonyl (C=O) groups excluding carboxylic acids is 1. The van der Waals surface area contributed by atoms with Gasteiger partial charge in [0.15, 0.2) is 0 Å². The van der Waals surface area contributed by atoms with Crippen molar-refractivity contribution in [3.05, 3.63) is 30.3 Å². The standard InChI is InChI=1S/C18H24N2O2/c21-18(14-6-8-22-9-7-14)20-12-15-10-19(11-16(15)13-20)17-4-2-1-3-5-17/h1-5,14-16H,6-13H2. The highest BCUT2D eigenvalue weighted by molar-refractivity contribution is 5.79. The average Bonchev–Trinajstić information content (AvgIpc) is 3.15. The molecule has 22 heavy (non-hydrogen) atoms. The third kappa shape index (κ3) is 2.60. The van der Waals surface area contributed by atoms with Gasteiger partial charge in [0.05, 0.1) is 0 Å². The quantitative estimate of drug-likeness (QED) is 0.837. The SMILES string of the molecule is O=C(C1CCOCC1)N1CC2CN(c3ccccc3)CC2C1. The first-order valence-corrected chi connectivity index (χ1v) is 8.48. The highest BCUT2D eigenvalue weighted by atomic mass is 16.5. The van der Waals surface area contributed by atoms with Gasteiger partial charge in [-0.3, -0.25) is 4.79 Å². The van der Waals surface area contributed by atoms with Crippen molar-refractivity contribution in [1.29, 1.82) is 0 Å². The van der Waals surface area contributed by atoms with Crippen LogP contribution in [0.3, 0.4) is 0 Å². The number of likely N-dealkylation sites (tertiary alicyclic amines) is 1. The number of benzene rings is 1. The second kappa shape index (κ2) is 5.92. The van der Waals surface area contributed by atoms with E-state index >= 15 is 0 Å². The minimum Gasteiger partial charge on any atom is -0.381 e. The Morgan fingerprint density at radius 2 is 1.59 bits per heavy atom. The van der Waals surface area contributed by atoms with Crippen LogP contribution in [-0.4, -0.2) is 50.2 Å². The van der Waals surface area contributed by atoms with E-state index < -0.39 is 0 Å². The highest BCUT2D eigenvalue weighted by Crippen LogP contribution is 2.35. The molecular formula is C18H24N2O2. The molecule has 0 bridgehead atoms. The van der Waals surface area contributed by atoms with E-state index in [2.05, 4.69) is 40.1 Å². The number of rotatable bonds is 2. The zero-order valence-electron chi connectivity index (χ0n) is 13.0. The maximum Gasteiger partial charge on any atom is 0.225 e. The van der Waals surface area contributed by atoms with Crippen molar-refractivity contribution in [2.24, 2.45) is 17.8 Å². The Hall–Kier alpha value is -1.55. The van der Waals surface area contributed by atoms with Crippen molar-refractivity contribution in [3.8, 4) is 0 Å². The third-order valence-corrected chi connectivity index (χ3v) is 5.49. The van der Waals surface area contributed by atoms with Gasteiger partial charge in [0.2, 0.25) is 5.91 Å². The van der Waals surface area contributed by atoms with Crippen molar-refractivity contribution >= 4 is 11.6 Å². The molecule has 1 amide bonds. The average molecular weight is 300 g/mol. The Morgan fingerprint density at radius 1 is 0.955 bits per heavy atom. The number of ether oxygens (including phenoxy) is 1. The van der Waals surface area contributed by atoms with Crippen LogP contribution in [0.15, 0.2) is 30.3 Å². The monoisotopic (exact) mass is 300 g/mol. The number of carbonyl (C=O) groups is 1. The normalized spacial score (nSPS) is 28.9. The highest BCUT2D eigenvalue weighted by Gasteiger charge is 2.42. The molecule has 3 saturated heterocycles. The number of hydrogen-bond donors (Lipinski definition) is 0. The van der Waals surface area contributed by atoms with Gasteiger partial charge < -0.3 is 14.5 Å². The Labute approximate surface area is 132 Å². The van der Waals surface area contributed by atoms with Crippen LogP contribution in [-0.2, 0) is 9.53 Å². The van der Waals surface area contributed by atoms with E-state index in [1.54, 1.807) is 0 Å². The molecule has 4 rings (SSSR count). The van der Waals surface area contributed by atoms with Crippen LogP contribution < -0.4 is 4.90 Å². The molecule has 4 nitrogen and oxygen atoms in total. The first-order chi connectivity index (χ1) is 10.8. The molecule has 3 heterocycles. The van der Waals surface area contributed by atoms with Crippen LogP contribution in [0.5, 0.6) is 0 Å². The number of para-hydroxylation sites is 1. The summed E-state index contributed by atoms with van der Waals surface area (Å²) in [5.41, 5.74) is 1.32. The minimum absolute atomic E-state index is 0.206. The molecule has 118 valence electrons. The van der Waals surface area contributed by atoms with E-state index in [1.165, 1.54) is 5.69 Å². The third-order valence-electron chi connectivity index (χ3n) is 5.49. The lowest BCUT2D eigenvalue weighted by Crippen LogP contribution is -2.39. The lowest BCUT2D eigenvalue weighted by molar-refractivity contribution is -0.137. The zero-order valence-corrected chi connectivity index (χ0v) is 13.0. The lowest BCUT2D eigenvalue weighted by atomic mass is 9.99. The number of amides is 1. The van der Waals surface area contributed by atoms with Gasteiger partial charge >= 0.3 is 0 Å². The van der Waals surface area contributed by atoms with Crippen molar-refractivity contribution in [2.75, 3.05) is 44.3 Å². The van der Waals surface area contributed by atoms with Gasteiger partial charge in [-0.1, -0.05) is 18.2 Å². The topological polar surface area (TPSA) is 32.8 Å². The molecule has 0 aromatic heterocycles. The minimum atomic E-state index is 0.206. The molecule has 0 N–H and O–H groups in total. The summed E-state index contributed by atoms with van der Waals surface area (Å²) in [5.74, 6) is 1.87. The summed E-state index contributed by atoms with van der Waals surface area (Å²) in [5, 5.41) is 0. The van der Waals surface area contributed by atoms with E-state index in [1.807, 2.05) is 0 Å². The van der Waals surface area contributed by atoms with E-state index in [4.69, 9.17) is 4.74 Å². The second-order valence-corrected chi connectivity index (χ2v) is 6.89. The van der Waals surface area contributed by atoms with E-state index in [9.17, 15) is 4.79 Å². The Bertz CT molecular complexity index is 513. The maximum absolute atomic E-state index is 12.6. The molecule has 2 atom stereocenters. The molecular weight excluding hydrogens is 276 g/mol. The summed E-state index contributed by atoms with van der Waals surface area (Å²) >= 11 is 0. The van der Waals surface area contributed by atoms with Gasteiger partial charge in [-0.2, -0.15) is 0 Å². The molecule has 3 fully saturated rings. The summed E-state index contributed by atoms with van der Waals surface area (Å²) in [6, 6.07) is 10.6. The van der Waals surface area contributed by atoms with Crippen LogP contribution >= 0.6 is 0 Å². The van der Waals surface area contributed by atoms with Crippen LogP contribution in [0.4, 0.5) is 5.69 Å². The predicted octanol–water partition coefficient (Wildman–Crippen LogP) is 2.01. The first-order valence-electron chi connectivity index (χ1n) is 8.48. The number of anilines is 1. The molecule has 2 unspecified atom stereocenters. The molecule has 0 spiro atoms. The number of nitrogens with zero attached hydrogens (tertiary/aromatic N) is 2. The molecule has 1 aromatic carbocycles. The van der Waals surface area contributed by atoms with Gasteiger partial charge in [0.25, 0.3) is 0 Å². The fourth-order valence-corrected chi connectivity index (χ4v) is 4.23. The molecule has 4 heteroatoms. The molecule has 0 saturated carbocycles. The first kappa shape index (κ1) is 14.1. The van der Waals surface area contributed by atoms with Crippen LogP contribution in [0.1, 0.15) is 12.8 Å². The molecule has 3 aliphatic rings. The van der Waals surface area contributed by atoms with Crippen LogP contribution in [0.25, 0.3) is 0 Å². The van der Waals surface area contributed by atoms with E-state index in [-0.39, 0.29) is 5.92 Å². The molecule has 1 aromatic rings. The van der Waals surface area contributed by atoms with E-state index in [0.29, 0.717) is 17.7 Å². The van der Waals surface area contributed by atoms with Gasteiger partial charge in [-0.25, -0.2) is 0 Å². The number of fused-ring (bicyclic) bond motifs is 1. The Kier molecular flexibility index (Phi) is 3.78. The lowest BCUT2D eigenvalue weighted by Gasteiger charge is -2.28. The van der Waals surface area contributed by atoms with Crippen LogP contribution in [0, 0.1) is 17.8 Å². The number of hydrogen-bond acceptors (Lipinski definition) is 3. The van der Waals surface area contributed by atoms with Crippen LogP contribution in [0.2, 0.25) is 0 Å². The summed E-state index contributed by atoms with van der Waals surface area (Å²) in [7, 11) is 0. The fraction of sp³-hybridized carbons (Fsp3) is 0.611. The summed E-state index contributed by atoms with van der Waals surface area (Å²) < 4.78 is 5.37. The fourth-order valence-electron chi connectivity index (χ4n) is 4.23. The van der Waals surface area contributed by atoms with Crippen molar-refractivity contribution in [2.45, 2.75) is 12.8 Å². The molecule has 3 aliphatic heterocycles. The predicted molar refractivity (Wildman–Crippen MR) is 85.8 cm³/mol. The van der Waals surface area contributed by atoms with Gasteiger partial charge in [-0.15, -0.1) is 0 Å². The summed E-state index contributed by atoms with van der Waals surface area (Å²) in [6.07, 6.45) is 1.81. The Balaban J connectivity index is 1.36. The van der Waals surface area contributed by atoms with Crippen molar-refractivity contribution in [3.63, 3.8) is 0 Å². The zero-order chi connectivity index (χ0) is 14.9. The summed E-state index contributed by atoms with van der Waals surface area (Å²) in [4.78, 5) is 17.3. The van der Waals surface area contributed by atoms with Gasteiger partial charge in [0, 0.05) is 62.8 Å². The molecule has 0 aliphatic carbocycles. The largest absolute Gasteiger partial charge is 0.381 e.